The first-order chi connectivity index (χ1) is 11.6. The lowest BCUT2D eigenvalue weighted by molar-refractivity contribution is -0.141. The highest BCUT2D eigenvalue weighted by Gasteiger charge is 2.25. The summed E-state index contributed by atoms with van der Waals surface area (Å²) in [7, 11) is 0. The number of hydrogen-bond donors (Lipinski definition) is 0. The van der Waals surface area contributed by atoms with Crippen LogP contribution < -0.4 is 4.74 Å². The lowest BCUT2D eigenvalue weighted by Gasteiger charge is -2.32. The van der Waals surface area contributed by atoms with E-state index >= 15 is 0 Å². The second kappa shape index (κ2) is 7.39. The number of rotatable bonds is 5. The molecule has 1 unspecified atom stereocenters. The number of halogens is 1. The minimum atomic E-state index is -0.473. The van der Waals surface area contributed by atoms with Crippen molar-refractivity contribution in [3.63, 3.8) is 0 Å². The standard InChI is InChI=1S/C16H19FN4O3/c1-12-2-3-14(17)15(8-12)24-11-16(22)20-6-7-23-13(9-20)10-21-5-4-18-19-21/h2-5,8,13H,6-7,9-11H2,1H3. The molecule has 1 aliphatic heterocycles. The first kappa shape index (κ1) is 16.4. The average molecular weight is 334 g/mol. The number of ether oxygens (including phenoxy) is 2. The summed E-state index contributed by atoms with van der Waals surface area (Å²) in [6.07, 6.45) is 3.18. The number of carbonyl (C=O) groups excluding carboxylic acids is 1. The van der Waals surface area contributed by atoms with Crippen molar-refractivity contribution in [2.24, 2.45) is 0 Å². The molecule has 1 atom stereocenters. The third kappa shape index (κ3) is 4.08. The van der Waals surface area contributed by atoms with Crippen molar-refractivity contribution in [1.29, 1.82) is 0 Å². The van der Waals surface area contributed by atoms with Crippen LogP contribution in [0, 0.1) is 12.7 Å². The Kier molecular flexibility index (Phi) is 5.05. The van der Waals surface area contributed by atoms with Crippen molar-refractivity contribution in [1.82, 2.24) is 19.9 Å². The lowest BCUT2D eigenvalue weighted by atomic mass is 10.2. The fourth-order valence-electron chi connectivity index (χ4n) is 2.55. The number of aromatic nitrogens is 3. The predicted octanol–water partition coefficient (Wildman–Crippen LogP) is 1.03. The smallest absolute Gasteiger partial charge is 0.260 e. The first-order valence-electron chi connectivity index (χ1n) is 7.74. The van der Waals surface area contributed by atoms with Gasteiger partial charge in [0.2, 0.25) is 0 Å². The number of benzene rings is 1. The number of carbonyl (C=O) groups is 1. The molecule has 7 nitrogen and oxygen atoms in total. The molecule has 0 bridgehead atoms. The molecule has 0 spiro atoms. The Morgan fingerprint density at radius 1 is 1.50 bits per heavy atom. The molecule has 8 heteroatoms. The molecule has 1 aromatic heterocycles. The zero-order valence-electron chi connectivity index (χ0n) is 13.4. The molecule has 1 aromatic carbocycles. The Labute approximate surface area is 139 Å². The molecule has 0 aliphatic carbocycles. The van der Waals surface area contributed by atoms with Crippen molar-refractivity contribution in [3.05, 3.63) is 42.0 Å². The fourth-order valence-corrected chi connectivity index (χ4v) is 2.55. The summed E-state index contributed by atoms with van der Waals surface area (Å²) >= 11 is 0. The number of nitrogens with zero attached hydrogens (tertiary/aromatic N) is 4. The average Bonchev–Trinajstić information content (AvgIpc) is 3.08. The van der Waals surface area contributed by atoms with Crippen LogP contribution in [0.15, 0.2) is 30.6 Å². The second-order valence-electron chi connectivity index (χ2n) is 5.68. The quantitative estimate of drug-likeness (QED) is 0.817. The molecule has 1 fully saturated rings. The lowest BCUT2D eigenvalue weighted by Crippen LogP contribution is -2.48. The third-order valence-electron chi connectivity index (χ3n) is 3.79. The summed E-state index contributed by atoms with van der Waals surface area (Å²) in [4.78, 5) is 14.0. The van der Waals surface area contributed by atoms with Crippen molar-refractivity contribution < 1.29 is 18.7 Å². The van der Waals surface area contributed by atoms with E-state index in [1.807, 2.05) is 6.92 Å². The number of amides is 1. The maximum absolute atomic E-state index is 13.7. The fraction of sp³-hybridized carbons (Fsp3) is 0.438. The largest absolute Gasteiger partial charge is 0.481 e. The van der Waals surface area contributed by atoms with E-state index in [1.165, 1.54) is 6.07 Å². The van der Waals surface area contributed by atoms with E-state index in [4.69, 9.17) is 9.47 Å². The van der Waals surface area contributed by atoms with Gasteiger partial charge in [-0.2, -0.15) is 0 Å². The number of morpholine rings is 1. The van der Waals surface area contributed by atoms with Crippen LogP contribution in [0.4, 0.5) is 4.39 Å². The van der Waals surface area contributed by atoms with Gasteiger partial charge >= 0.3 is 0 Å². The molecular weight excluding hydrogens is 315 g/mol. The van der Waals surface area contributed by atoms with Crippen molar-refractivity contribution in [2.45, 2.75) is 19.6 Å². The number of aryl methyl sites for hydroxylation is 1. The second-order valence-corrected chi connectivity index (χ2v) is 5.68. The highest BCUT2D eigenvalue weighted by atomic mass is 19.1. The molecule has 0 saturated carbocycles. The van der Waals surface area contributed by atoms with E-state index in [-0.39, 0.29) is 24.4 Å². The predicted molar refractivity (Wildman–Crippen MR) is 83.0 cm³/mol. The van der Waals surface area contributed by atoms with Crippen LogP contribution >= 0.6 is 0 Å². The van der Waals surface area contributed by atoms with Gasteiger partial charge in [0.25, 0.3) is 5.91 Å². The SMILES string of the molecule is Cc1ccc(F)c(OCC(=O)N2CCOC(Cn3ccnn3)C2)c1. The molecule has 1 amide bonds. The number of hydrogen-bond acceptors (Lipinski definition) is 5. The summed E-state index contributed by atoms with van der Waals surface area (Å²) in [6, 6.07) is 4.56. The first-order valence-corrected chi connectivity index (χ1v) is 7.74. The van der Waals surface area contributed by atoms with Gasteiger partial charge in [-0.05, 0) is 24.6 Å². The topological polar surface area (TPSA) is 69.5 Å². The van der Waals surface area contributed by atoms with Gasteiger partial charge in [-0.1, -0.05) is 11.3 Å². The van der Waals surface area contributed by atoms with Crippen molar-refractivity contribution in [2.75, 3.05) is 26.3 Å². The zero-order valence-corrected chi connectivity index (χ0v) is 13.4. The van der Waals surface area contributed by atoms with Gasteiger partial charge in [0.1, 0.15) is 0 Å². The Balaban J connectivity index is 1.53. The maximum atomic E-state index is 13.7. The summed E-state index contributed by atoms with van der Waals surface area (Å²) in [5, 5.41) is 7.63. The van der Waals surface area contributed by atoms with E-state index in [0.29, 0.717) is 26.2 Å². The Bertz CT molecular complexity index is 693. The van der Waals surface area contributed by atoms with Crippen molar-refractivity contribution in [3.8, 4) is 5.75 Å². The van der Waals surface area contributed by atoms with Crippen LogP contribution in [0.1, 0.15) is 5.56 Å². The van der Waals surface area contributed by atoms with E-state index in [0.717, 1.165) is 5.56 Å². The van der Waals surface area contributed by atoms with Gasteiger partial charge in [0.15, 0.2) is 18.2 Å². The van der Waals surface area contributed by atoms with E-state index < -0.39 is 5.82 Å². The maximum Gasteiger partial charge on any atom is 0.260 e. The molecule has 0 N–H and O–H groups in total. The molecule has 1 saturated heterocycles. The molecule has 2 aromatic rings. The third-order valence-corrected chi connectivity index (χ3v) is 3.79. The molecule has 0 radical (unpaired) electrons. The Hall–Kier alpha value is -2.48. The minimum Gasteiger partial charge on any atom is -0.481 e. The monoisotopic (exact) mass is 334 g/mol. The highest BCUT2D eigenvalue weighted by Crippen LogP contribution is 2.18. The van der Waals surface area contributed by atoms with Gasteiger partial charge in [0, 0.05) is 19.3 Å². The van der Waals surface area contributed by atoms with Crippen LogP contribution in [0.5, 0.6) is 5.75 Å². The molecule has 3 rings (SSSR count). The molecular formula is C16H19FN4O3. The molecule has 24 heavy (non-hydrogen) atoms. The summed E-state index contributed by atoms with van der Waals surface area (Å²) < 4.78 is 26.3. The highest BCUT2D eigenvalue weighted by molar-refractivity contribution is 5.77. The van der Waals surface area contributed by atoms with Crippen LogP contribution in [0.2, 0.25) is 0 Å². The Morgan fingerprint density at radius 3 is 3.17 bits per heavy atom. The van der Waals surface area contributed by atoms with Gasteiger partial charge in [-0.15, -0.1) is 5.10 Å². The van der Waals surface area contributed by atoms with Crippen molar-refractivity contribution >= 4 is 5.91 Å². The summed E-state index contributed by atoms with van der Waals surface area (Å²) in [6.45, 7) is 3.55. The van der Waals surface area contributed by atoms with Crippen LogP contribution in [-0.4, -0.2) is 58.2 Å². The van der Waals surface area contributed by atoms with Crippen LogP contribution in [0.3, 0.4) is 0 Å². The zero-order chi connectivity index (χ0) is 16.9. The van der Waals surface area contributed by atoms with Gasteiger partial charge in [-0.25, -0.2) is 9.07 Å². The van der Waals surface area contributed by atoms with Gasteiger partial charge in [-0.3, -0.25) is 4.79 Å². The van der Waals surface area contributed by atoms with Gasteiger partial charge in [0.05, 0.1) is 25.5 Å². The molecule has 128 valence electrons. The summed E-state index contributed by atoms with van der Waals surface area (Å²) in [5.41, 5.74) is 0.873. The van der Waals surface area contributed by atoms with Crippen LogP contribution in [0.25, 0.3) is 0 Å². The normalized spacial score (nSPS) is 17.8. The molecule has 2 heterocycles. The Morgan fingerprint density at radius 2 is 2.38 bits per heavy atom. The van der Waals surface area contributed by atoms with E-state index in [2.05, 4.69) is 10.3 Å². The van der Waals surface area contributed by atoms with E-state index in [9.17, 15) is 9.18 Å². The van der Waals surface area contributed by atoms with Crippen LogP contribution in [-0.2, 0) is 16.1 Å². The van der Waals surface area contributed by atoms with E-state index in [1.54, 1.807) is 34.1 Å². The van der Waals surface area contributed by atoms with Gasteiger partial charge < -0.3 is 14.4 Å². The minimum absolute atomic E-state index is 0.0933. The summed E-state index contributed by atoms with van der Waals surface area (Å²) in [5.74, 6) is -0.571. The molecule has 1 aliphatic rings.